The second-order valence-electron chi connectivity index (χ2n) is 7.68. The van der Waals surface area contributed by atoms with E-state index in [1.807, 2.05) is 49.4 Å². The largest absolute Gasteiger partial charge is 0.355 e. The summed E-state index contributed by atoms with van der Waals surface area (Å²) < 4.78 is 0. The summed E-state index contributed by atoms with van der Waals surface area (Å²) in [7, 11) is 0. The zero-order valence-corrected chi connectivity index (χ0v) is 17.5. The third-order valence-corrected chi connectivity index (χ3v) is 5.89. The van der Waals surface area contributed by atoms with E-state index < -0.39 is 0 Å². The molecular weight excluding hydrogens is 384 g/mol. The minimum absolute atomic E-state index is 0.0105. The Morgan fingerprint density at radius 3 is 2.48 bits per heavy atom. The van der Waals surface area contributed by atoms with E-state index in [9.17, 15) is 4.79 Å². The van der Waals surface area contributed by atoms with Crippen LogP contribution >= 0.6 is 11.6 Å². The van der Waals surface area contributed by atoms with Crippen molar-refractivity contribution in [1.82, 2.24) is 15.5 Å². The Balaban J connectivity index is 1.34. The number of carbonyl (C=O) groups is 1. The lowest BCUT2D eigenvalue weighted by Gasteiger charge is -2.32. The van der Waals surface area contributed by atoms with Gasteiger partial charge in [0.1, 0.15) is 0 Å². The van der Waals surface area contributed by atoms with Crippen LogP contribution in [0.5, 0.6) is 0 Å². The second-order valence-corrected chi connectivity index (χ2v) is 8.12. The van der Waals surface area contributed by atoms with E-state index in [4.69, 9.17) is 11.6 Å². The van der Waals surface area contributed by atoms with Gasteiger partial charge in [0, 0.05) is 35.8 Å². The molecule has 0 aliphatic carbocycles. The third kappa shape index (κ3) is 4.46. The monoisotopic (exact) mass is 408 g/mol. The number of carbonyl (C=O) groups excluding carboxylic acids is 1. The summed E-state index contributed by atoms with van der Waals surface area (Å²) in [5, 5.41) is 11.5. The summed E-state index contributed by atoms with van der Waals surface area (Å²) in [6, 6.07) is 15.8. The summed E-state index contributed by atoms with van der Waals surface area (Å²) in [5.41, 5.74) is 5.11. The lowest BCUT2D eigenvalue weighted by atomic mass is 10.0. The normalized spacial score (nSPS) is 14.8. The molecule has 150 valence electrons. The Kier molecular flexibility index (Phi) is 5.58. The smallest absolute Gasteiger partial charge is 0.251 e. The first-order valence-corrected chi connectivity index (χ1v) is 10.3. The van der Waals surface area contributed by atoms with Crippen molar-refractivity contribution < 1.29 is 4.79 Å². The number of halogens is 1. The maximum atomic E-state index is 12.6. The van der Waals surface area contributed by atoms with E-state index in [0.29, 0.717) is 0 Å². The number of aromatic amines is 1. The minimum atomic E-state index is 0.0105. The van der Waals surface area contributed by atoms with Gasteiger partial charge in [-0.1, -0.05) is 29.8 Å². The van der Waals surface area contributed by atoms with Crippen LogP contribution in [0.15, 0.2) is 48.5 Å². The van der Waals surface area contributed by atoms with E-state index in [1.54, 1.807) is 0 Å². The maximum Gasteiger partial charge on any atom is 0.251 e. The molecule has 1 aliphatic rings. The molecule has 0 bridgehead atoms. The van der Waals surface area contributed by atoms with Crippen molar-refractivity contribution in [1.29, 1.82) is 0 Å². The van der Waals surface area contributed by atoms with Gasteiger partial charge in [-0.3, -0.25) is 9.89 Å². The molecule has 0 saturated carbocycles. The fraction of sp³-hybridized carbons (Fsp3) is 0.304. The Morgan fingerprint density at radius 2 is 1.79 bits per heavy atom. The minimum Gasteiger partial charge on any atom is -0.355 e. The van der Waals surface area contributed by atoms with Crippen LogP contribution in [0.4, 0.5) is 5.82 Å². The topological polar surface area (TPSA) is 61.0 Å². The maximum absolute atomic E-state index is 12.6. The van der Waals surface area contributed by atoms with Gasteiger partial charge in [-0.2, -0.15) is 5.10 Å². The Hall–Kier alpha value is -2.79. The van der Waals surface area contributed by atoms with Crippen LogP contribution in [0.3, 0.4) is 0 Å². The van der Waals surface area contributed by atoms with E-state index in [2.05, 4.69) is 33.4 Å². The zero-order valence-electron chi connectivity index (χ0n) is 16.7. The van der Waals surface area contributed by atoms with Crippen molar-refractivity contribution in [3.8, 4) is 11.3 Å². The number of aromatic nitrogens is 2. The molecule has 6 heteroatoms. The highest BCUT2D eigenvalue weighted by Crippen LogP contribution is 2.25. The van der Waals surface area contributed by atoms with Crippen molar-refractivity contribution in [3.63, 3.8) is 0 Å². The van der Waals surface area contributed by atoms with Crippen LogP contribution in [-0.4, -0.2) is 35.2 Å². The molecule has 0 atom stereocenters. The van der Waals surface area contributed by atoms with Crippen molar-refractivity contribution >= 4 is 23.3 Å². The molecule has 2 N–H and O–H groups in total. The Labute approximate surface area is 176 Å². The van der Waals surface area contributed by atoms with Gasteiger partial charge in [0.05, 0.1) is 5.69 Å². The number of nitrogens with zero attached hydrogens (tertiary/aromatic N) is 2. The summed E-state index contributed by atoms with van der Waals surface area (Å²) in [4.78, 5) is 14.8. The molecule has 4 rings (SSSR count). The van der Waals surface area contributed by atoms with Crippen LogP contribution in [0.25, 0.3) is 11.3 Å². The van der Waals surface area contributed by atoms with E-state index >= 15 is 0 Å². The van der Waals surface area contributed by atoms with E-state index in [0.717, 1.165) is 59.2 Å². The van der Waals surface area contributed by atoms with Crippen LogP contribution in [-0.2, 0) is 0 Å². The van der Waals surface area contributed by atoms with Crippen molar-refractivity contribution in [2.24, 2.45) is 0 Å². The number of amides is 1. The predicted molar refractivity (Wildman–Crippen MR) is 118 cm³/mol. The molecular formula is C23H25ClN4O. The summed E-state index contributed by atoms with van der Waals surface area (Å²) in [5.74, 6) is 0.949. The number of aryl methyl sites for hydroxylation is 2. The van der Waals surface area contributed by atoms with Gasteiger partial charge in [0.2, 0.25) is 0 Å². The Morgan fingerprint density at radius 1 is 1.07 bits per heavy atom. The van der Waals surface area contributed by atoms with Gasteiger partial charge >= 0.3 is 0 Å². The van der Waals surface area contributed by atoms with Gasteiger partial charge in [0.15, 0.2) is 5.82 Å². The number of rotatable bonds is 4. The molecule has 1 saturated heterocycles. The van der Waals surface area contributed by atoms with Crippen LogP contribution < -0.4 is 10.2 Å². The van der Waals surface area contributed by atoms with Gasteiger partial charge in [0.25, 0.3) is 5.91 Å². The lowest BCUT2D eigenvalue weighted by Crippen LogP contribution is -2.44. The number of nitrogens with one attached hydrogen (secondary N) is 2. The van der Waals surface area contributed by atoms with Crippen LogP contribution in [0.1, 0.15) is 34.3 Å². The molecule has 1 aliphatic heterocycles. The molecule has 1 aromatic heterocycles. The lowest BCUT2D eigenvalue weighted by molar-refractivity contribution is 0.0931. The first kappa shape index (κ1) is 19.5. The predicted octanol–water partition coefficient (Wildman–Crippen LogP) is 4.75. The first-order valence-electron chi connectivity index (χ1n) is 9.94. The molecule has 0 spiro atoms. The fourth-order valence-corrected chi connectivity index (χ4v) is 3.78. The average molecular weight is 409 g/mol. The molecule has 1 fully saturated rings. The highest BCUT2D eigenvalue weighted by molar-refractivity contribution is 6.30. The summed E-state index contributed by atoms with van der Waals surface area (Å²) in [6.07, 6.45) is 1.81. The number of anilines is 1. The van der Waals surface area contributed by atoms with E-state index in [1.165, 1.54) is 5.56 Å². The molecule has 2 heterocycles. The number of hydrogen-bond acceptors (Lipinski definition) is 3. The van der Waals surface area contributed by atoms with E-state index in [-0.39, 0.29) is 11.9 Å². The third-order valence-electron chi connectivity index (χ3n) is 5.64. The standard InChI is InChI=1S/C23H25ClN4O/c1-15-3-4-18(13-16(15)2)23(29)25-20-9-11-28(12-10-20)22-14-21(26-27-22)17-5-7-19(24)8-6-17/h3-8,13-14,20H,9-12H2,1-2H3,(H,25,29)(H,26,27). The number of piperidine rings is 1. The number of hydrogen-bond donors (Lipinski definition) is 2. The average Bonchev–Trinajstić information content (AvgIpc) is 3.21. The highest BCUT2D eigenvalue weighted by Gasteiger charge is 2.23. The molecule has 0 unspecified atom stereocenters. The Bertz CT molecular complexity index is 1000. The van der Waals surface area contributed by atoms with Gasteiger partial charge in [-0.05, 0) is 67.6 Å². The highest BCUT2D eigenvalue weighted by atomic mass is 35.5. The summed E-state index contributed by atoms with van der Waals surface area (Å²) >= 11 is 5.97. The van der Waals surface area contributed by atoms with Crippen molar-refractivity contribution in [2.45, 2.75) is 32.7 Å². The molecule has 0 radical (unpaired) electrons. The van der Waals surface area contributed by atoms with Crippen LogP contribution in [0, 0.1) is 13.8 Å². The fourth-order valence-electron chi connectivity index (χ4n) is 3.65. The summed E-state index contributed by atoms with van der Waals surface area (Å²) in [6.45, 7) is 5.82. The van der Waals surface area contributed by atoms with Gasteiger partial charge in [-0.15, -0.1) is 0 Å². The molecule has 3 aromatic rings. The zero-order chi connectivity index (χ0) is 20.4. The molecule has 5 nitrogen and oxygen atoms in total. The van der Waals surface area contributed by atoms with Crippen molar-refractivity contribution in [3.05, 3.63) is 70.2 Å². The van der Waals surface area contributed by atoms with Crippen LogP contribution in [0.2, 0.25) is 5.02 Å². The van der Waals surface area contributed by atoms with Gasteiger partial charge in [-0.25, -0.2) is 0 Å². The quantitative estimate of drug-likeness (QED) is 0.655. The molecule has 2 aromatic carbocycles. The SMILES string of the molecule is Cc1ccc(C(=O)NC2CCN(c3cc(-c4ccc(Cl)cc4)[nH]n3)CC2)cc1C. The molecule has 29 heavy (non-hydrogen) atoms. The number of H-pyrrole nitrogens is 1. The van der Waals surface area contributed by atoms with Gasteiger partial charge < -0.3 is 10.2 Å². The second kappa shape index (κ2) is 8.29. The first-order chi connectivity index (χ1) is 14.0. The van der Waals surface area contributed by atoms with Crippen molar-refractivity contribution in [2.75, 3.05) is 18.0 Å². The molecule has 1 amide bonds. The number of benzene rings is 2.